The minimum atomic E-state index is -0.605. The molecule has 0 unspecified atom stereocenters. The second-order valence-electron chi connectivity index (χ2n) is 5.62. The lowest BCUT2D eigenvalue weighted by atomic mass is 10.1. The summed E-state index contributed by atoms with van der Waals surface area (Å²) in [5, 5.41) is 10.6. The van der Waals surface area contributed by atoms with Gasteiger partial charge < -0.3 is 4.42 Å². The Labute approximate surface area is 159 Å². The van der Waals surface area contributed by atoms with Gasteiger partial charge in [0.1, 0.15) is 10.7 Å². The van der Waals surface area contributed by atoms with Crippen LogP contribution in [0.5, 0.6) is 0 Å². The maximum Gasteiger partial charge on any atom is 0.433 e. The molecule has 2 heterocycles. The highest BCUT2D eigenvalue weighted by Gasteiger charge is 2.33. The number of benzene rings is 1. The van der Waals surface area contributed by atoms with E-state index in [1.165, 1.54) is 28.8 Å². The Kier molecular flexibility index (Phi) is 5.06. The van der Waals surface area contributed by atoms with Crippen molar-refractivity contribution in [3.63, 3.8) is 0 Å². The fraction of sp³-hybridized carbons (Fsp3) is 0.111. The lowest BCUT2D eigenvalue weighted by molar-refractivity contribution is -0.402. The van der Waals surface area contributed by atoms with Crippen LogP contribution in [0.1, 0.15) is 16.9 Å². The van der Waals surface area contributed by atoms with Crippen molar-refractivity contribution in [3.8, 4) is 0 Å². The number of hydrogen-bond donors (Lipinski definition) is 0. The Morgan fingerprint density at radius 2 is 2.04 bits per heavy atom. The van der Waals surface area contributed by atoms with E-state index in [2.05, 4.69) is 0 Å². The van der Waals surface area contributed by atoms with Crippen LogP contribution in [0.15, 0.2) is 51.8 Å². The van der Waals surface area contributed by atoms with Crippen molar-refractivity contribution in [2.75, 3.05) is 4.90 Å². The van der Waals surface area contributed by atoms with Crippen LogP contribution in [-0.4, -0.2) is 15.2 Å². The molecule has 0 aliphatic carbocycles. The van der Waals surface area contributed by atoms with Crippen LogP contribution in [0.3, 0.4) is 0 Å². The second-order valence-corrected chi connectivity index (χ2v) is 7.30. The molecule has 0 atom stereocenters. The lowest BCUT2D eigenvalue weighted by Crippen LogP contribution is -2.28. The fourth-order valence-electron chi connectivity index (χ4n) is 2.51. The second kappa shape index (κ2) is 7.27. The zero-order chi connectivity index (χ0) is 18.8. The predicted octanol–water partition coefficient (Wildman–Crippen LogP) is 4.77. The van der Waals surface area contributed by atoms with Crippen LogP contribution in [-0.2, 0) is 4.79 Å². The van der Waals surface area contributed by atoms with Crippen molar-refractivity contribution in [2.45, 2.75) is 13.8 Å². The summed E-state index contributed by atoms with van der Waals surface area (Å²) in [5.41, 5.74) is 2.86. The first-order valence-electron chi connectivity index (χ1n) is 7.63. The number of carbonyl (C=O) groups is 1. The third-order valence-corrected chi connectivity index (χ3v) is 5.01. The molecular formula is C18H14N2O4S2. The number of thioether (sulfide) groups is 1. The Bertz CT molecular complexity index is 975. The summed E-state index contributed by atoms with van der Waals surface area (Å²) in [4.78, 5) is 24.7. The molecule has 1 fully saturated rings. The number of aryl methyl sites for hydroxylation is 2. The Hall–Kier alpha value is -2.71. The monoisotopic (exact) mass is 386 g/mol. The zero-order valence-corrected chi connectivity index (χ0v) is 15.6. The first-order chi connectivity index (χ1) is 12.4. The van der Waals surface area contributed by atoms with Gasteiger partial charge in [0.25, 0.3) is 5.91 Å². The highest BCUT2D eigenvalue weighted by atomic mass is 32.2. The number of allylic oxidation sites excluding steroid dienone is 2. The maximum atomic E-state index is 12.7. The number of carbonyl (C=O) groups excluding carboxylic acids is 1. The first-order valence-corrected chi connectivity index (χ1v) is 8.85. The molecular weight excluding hydrogens is 372 g/mol. The standard InChI is InChI=1S/C18H14N2O4S2/c1-11-6-8-14(12(2)10-11)19-17(21)15(26-18(19)25)5-3-4-13-7-9-16(24-13)20(22)23/h3-10H,1-2H3/b4-3+,15-5-. The van der Waals surface area contributed by atoms with Gasteiger partial charge in [-0.25, -0.2) is 0 Å². The molecule has 0 N–H and O–H groups in total. The smallest absolute Gasteiger partial charge is 0.401 e. The minimum Gasteiger partial charge on any atom is -0.401 e. The third kappa shape index (κ3) is 3.61. The number of nitro groups is 1. The Morgan fingerprint density at radius 1 is 1.27 bits per heavy atom. The molecule has 1 aromatic carbocycles. The third-order valence-electron chi connectivity index (χ3n) is 3.69. The minimum absolute atomic E-state index is 0.193. The Balaban J connectivity index is 1.80. The van der Waals surface area contributed by atoms with Gasteiger partial charge in [0.2, 0.25) is 0 Å². The number of nitrogens with zero attached hydrogens (tertiary/aromatic N) is 2. The SMILES string of the molecule is Cc1ccc(N2C(=O)/C(=C/C=C/c3ccc([N+](=O)[O-])o3)SC2=S)c(C)c1. The van der Waals surface area contributed by atoms with Crippen molar-refractivity contribution < 1.29 is 14.1 Å². The molecule has 1 aliphatic rings. The molecule has 1 amide bonds. The summed E-state index contributed by atoms with van der Waals surface area (Å²) in [5.74, 6) is -0.189. The van der Waals surface area contributed by atoms with Gasteiger partial charge in [0.05, 0.1) is 16.7 Å². The molecule has 1 aliphatic heterocycles. The van der Waals surface area contributed by atoms with E-state index < -0.39 is 4.92 Å². The van der Waals surface area contributed by atoms with Crippen molar-refractivity contribution in [3.05, 3.63) is 74.4 Å². The molecule has 132 valence electrons. The summed E-state index contributed by atoms with van der Waals surface area (Å²) in [6, 6.07) is 8.59. The molecule has 6 nitrogen and oxygen atoms in total. The van der Waals surface area contributed by atoms with E-state index in [-0.39, 0.29) is 11.8 Å². The number of anilines is 1. The van der Waals surface area contributed by atoms with Gasteiger partial charge >= 0.3 is 5.88 Å². The van der Waals surface area contributed by atoms with Crippen molar-refractivity contribution in [1.82, 2.24) is 0 Å². The predicted molar refractivity (Wildman–Crippen MR) is 106 cm³/mol. The van der Waals surface area contributed by atoms with Gasteiger partial charge in [-0.05, 0) is 43.7 Å². The van der Waals surface area contributed by atoms with Crippen LogP contribution in [0.4, 0.5) is 11.6 Å². The first kappa shape index (κ1) is 18.1. The molecule has 3 rings (SSSR count). The van der Waals surface area contributed by atoms with E-state index >= 15 is 0 Å². The zero-order valence-electron chi connectivity index (χ0n) is 14.0. The van der Waals surface area contributed by atoms with Crippen molar-refractivity contribution in [2.24, 2.45) is 0 Å². The van der Waals surface area contributed by atoms with Gasteiger partial charge in [0, 0.05) is 0 Å². The Morgan fingerprint density at radius 3 is 2.69 bits per heavy atom. The molecule has 2 aromatic rings. The highest BCUT2D eigenvalue weighted by molar-refractivity contribution is 8.27. The number of hydrogen-bond acceptors (Lipinski definition) is 6. The number of amides is 1. The van der Waals surface area contributed by atoms with E-state index in [0.717, 1.165) is 16.8 Å². The molecule has 1 aromatic heterocycles. The number of rotatable bonds is 4. The van der Waals surface area contributed by atoms with E-state index in [1.54, 1.807) is 18.2 Å². The van der Waals surface area contributed by atoms with Crippen LogP contribution >= 0.6 is 24.0 Å². The van der Waals surface area contributed by atoms with Gasteiger partial charge in [-0.3, -0.25) is 19.8 Å². The molecule has 26 heavy (non-hydrogen) atoms. The molecule has 0 bridgehead atoms. The lowest BCUT2D eigenvalue weighted by Gasteiger charge is -2.17. The van der Waals surface area contributed by atoms with E-state index in [0.29, 0.717) is 15.0 Å². The highest BCUT2D eigenvalue weighted by Crippen LogP contribution is 2.36. The summed E-state index contributed by atoms with van der Waals surface area (Å²) in [7, 11) is 0. The van der Waals surface area contributed by atoms with Gasteiger partial charge in [-0.15, -0.1) is 0 Å². The average Bonchev–Trinajstić information content (AvgIpc) is 3.14. The topological polar surface area (TPSA) is 76.6 Å². The van der Waals surface area contributed by atoms with E-state index in [4.69, 9.17) is 16.6 Å². The summed E-state index contributed by atoms with van der Waals surface area (Å²) >= 11 is 6.57. The van der Waals surface area contributed by atoms with Crippen molar-refractivity contribution >= 4 is 51.9 Å². The molecule has 0 spiro atoms. The maximum absolute atomic E-state index is 12.7. The van der Waals surface area contributed by atoms with E-state index in [9.17, 15) is 14.9 Å². The van der Waals surface area contributed by atoms with Crippen LogP contribution in [0.2, 0.25) is 0 Å². The normalized spacial score (nSPS) is 16.2. The van der Waals surface area contributed by atoms with Crippen LogP contribution in [0.25, 0.3) is 6.08 Å². The molecule has 8 heteroatoms. The largest absolute Gasteiger partial charge is 0.433 e. The van der Waals surface area contributed by atoms with Crippen LogP contribution in [0, 0.1) is 24.0 Å². The quantitative estimate of drug-likeness (QED) is 0.326. The van der Waals surface area contributed by atoms with E-state index in [1.807, 2.05) is 32.0 Å². The molecule has 0 saturated carbocycles. The van der Waals surface area contributed by atoms with Crippen LogP contribution < -0.4 is 4.90 Å². The number of thiocarbonyl (C=S) groups is 1. The number of furan rings is 1. The fourth-order valence-corrected chi connectivity index (χ4v) is 3.74. The molecule has 1 saturated heterocycles. The summed E-state index contributed by atoms with van der Waals surface area (Å²) in [6.45, 7) is 3.93. The van der Waals surface area contributed by atoms with Crippen molar-refractivity contribution in [1.29, 1.82) is 0 Å². The van der Waals surface area contributed by atoms with Gasteiger partial charge in [-0.1, -0.05) is 47.8 Å². The summed E-state index contributed by atoms with van der Waals surface area (Å²) in [6.07, 6.45) is 4.78. The van der Waals surface area contributed by atoms with Gasteiger partial charge in [-0.2, -0.15) is 0 Å². The van der Waals surface area contributed by atoms with Gasteiger partial charge in [0.15, 0.2) is 4.32 Å². The molecule has 0 radical (unpaired) electrons. The average molecular weight is 386 g/mol. The summed E-state index contributed by atoms with van der Waals surface area (Å²) < 4.78 is 5.50.